The summed E-state index contributed by atoms with van der Waals surface area (Å²) in [7, 11) is 0. The molecule has 19 heavy (non-hydrogen) atoms. The number of hydrogen-bond donors (Lipinski definition) is 3. The Morgan fingerprint density at radius 1 is 1.00 bits per heavy atom. The van der Waals surface area contributed by atoms with Gasteiger partial charge in [-0.05, 0) is 12.1 Å². The van der Waals surface area contributed by atoms with Crippen LogP contribution in [0.1, 0.15) is 12.8 Å². The number of aliphatic carboxylic acids is 1. The van der Waals surface area contributed by atoms with Crippen LogP contribution in [-0.2, 0) is 9.59 Å². The second-order valence-electron chi connectivity index (χ2n) is 4.12. The molecule has 0 fully saturated rings. The molecule has 98 valence electrons. The van der Waals surface area contributed by atoms with E-state index in [0.717, 1.165) is 0 Å². The SMILES string of the molecule is O=C(O)CCC(=O)Nc1cccc2c(O)cccc12. The van der Waals surface area contributed by atoms with Gasteiger partial charge in [0.05, 0.1) is 6.42 Å². The van der Waals surface area contributed by atoms with Crippen molar-refractivity contribution in [1.82, 2.24) is 0 Å². The van der Waals surface area contributed by atoms with Crippen molar-refractivity contribution in [2.75, 3.05) is 5.32 Å². The highest BCUT2D eigenvalue weighted by molar-refractivity contribution is 6.04. The van der Waals surface area contributed by atoms with E-state index in [1.165, 1.54) is 0 Å². The quantitative estimate of drug-likeness (QED) is 0.786. The summed E-state index contributed by atoms with van der Waals surface area (Å²) in [6, 6.07) is 10.2. The third-order valence-electron chi connectivity index (χ3n) is 2.74. The molecule has 3 N–H and O–H groups in total. The summed E-state index contributed by atoms with van der Waals surface area (Å²) in [5, 5.41) is 22.2. The molecule has 0 saturated carbocycles. The number of carbonyl (C=O) groups excluding carboxylic acids is 1. The van der Waals surface area contributed by atoms with Gasteiger partial charge in [-0.15, -0.1) is 0 Å². The predicted molar refractivity (Wildman–Crippen MR) is 71.1 cm³/mol. The summed E-state index contributed by atoms with van der Waals surface area (Å²) < 4.78 is 0. The van der Waals surface area contributed by atoms with Crippen LogP contribution in [0.25, 0.3) is 10.8 Å². The van der Waals surface area contributed by atoms with E-state index in [-0.39, 0.29) is 24.5 Å². The number of carbonyl (C=O) groups is 2. The Morgan fingerprint density at radius 2 is 1.68 bits per heavy atom. The van der Waals surface area contributed by atoms with E-state index in [4.69, 9.17) is 5.11 Å². The number of carboxylic acids is 1. The van der Waals surface area contributed by atoms with E-state index in [0.29, 0.717) is 16.5 Å². The summed E-state index contributed by atoms with van der Waals surface area (Å²) >= 11 is 0. The van der Waals surface area contributed by atoms with Gasteiger partial charge in [-0.2, -0.15) is 0 Å². The van der Waals surface area contributed by atoms with Crippen molar-refractivity contribution >= 4 is 28.3 Å². The van der Waals surface area contributed by atoms with E-state index in [1.807, 2.05) is 0 Å². The van der Waals surface area contributed by atoms with Crippen molar-refractivity contribution in [3.8, 4) is 5.75 Å². The fourth-order valence-corrected chi connectivity index (χ4v) is 1.84. The largest absolute Gasteiger partial charge is 0.507 e. The van der Waals surface area contributed by atoms with E-state index in [1.54, 1.807) is 36.4 Å². The highest BCUT2D eigenvalue weighted by Crippen LogP contribution is 2.29. The Morgan fingerprint density at radius 3 is 2.42 bits per heavy atom. The number of fused-ring (bicyclic) bond motifs is 1. The molecule has 0 radical (unpaired) electrons. The molecular weight excluding hydrogens is 246 g/mol. The molecule has 2 rings (SSSR count). The molecule has 0 aliphatic heterocycles. The van der Waals surface area contributed by atoms with Gasteiger partial charge in [0.2, 0.25) is 5.91 Å². The van der Waals surface area contributed by atoms with Gasteiger partial charge < -0.3 is 15.5 Å². The second-order valence-corrected chi connectivity index (χ2v) is 4.12. The lowest BCUT2D eigenvalue weighted by Crippen LogP contribution is -2.13. The Bertz CT molecular complexity index is 636. The van der Waals surface area contributed by atoms with E-state index in [2.05, 4.69) is 5.32 Å². The third kappa shape index (κ3) is 3.01. The van der Waals surface area contributed by atoms with E-state index >= 15 is 0 Å². The number of rotatable bonds is 4. The Balaban J connectivity index is 2.23. The molecule has 0 saturated heterocycles. The van der Waals surface area contributed by atoms with Gasteiger partial charge >= 0.3 is 5.97 Å². The van der Waals surface area contributed by atoms with Crippen LogP contribution < -0.4 is 5.32 Å². The van der Waals surface area contributed by atoms with Gasteiger partial charge in [-0.1, -0.05) is 24.3 Å². The number of phenolic OH excluding ortho intramolecular Hbond substituents is 1. The summed E-state index contributed by atoms with van der Waals surface area (Å²) in [6.07, 6.45) is -0.285. The monoisotopic (exact) mass is 259 g/mol. The van der Waals surface area contributed by atoms with Crippen LogP contribution in [0.15, 0.2) is 36.4 Å². The summed E-state index contributed by atoms with van der Waals surface area (Å²) in [4.78, 5) is 22.0. The van der Waals surface area contributed by atoms with Crippen LogP contribution >= 0.6 is 0 Å². The molecule has 0 heterocycles. The number of carboxylic acid groups (broad SMARTS) is 1. The molecule has 2 aromatic rings. The maximum atomic E-state index is 11.6. The normalized spacial score (nSPS) is 10.3. The molecule has 2 aromatic carbocycles. The van der Waals surface area contributed by atoms with Gasteiger partial charge in [0.15, 0.2) is 0 Å². The molecule has 0 atom stereocenters. The standard InChI is InChI=1S/C14H13NO4/c16-12-6-2-3-9-10(12)4-1-5-11(9)15-13(17)7-8-14(18)19/h1-6,16H,7-8H2,(H,15,17)(H,18,19). The molecule has 5 nitrogen and oxygen atoms in total. The molecule has 0 aromatic heterocycles. The first-order chi connectivity index (χ1) is 9.08. The molecule has 5 heteroatoms. The predicted octanol–water partition coefficient (Wildman–Crippen LogP) is 2.35. The number of benzene rings is 2. The number of hydrogen-bond acceptors (Lipinski definition) is 3. The van der Waals surface area contributed by atoms with Gasteiger partial charge in [0.1, 0.15) is 5.75 Å². The average Bonchev–Trinajstić information content (AvgIpc) is 2.38. The second kappa shape index (κ2) is 5.39. The molecule has 1 amide bonds. The molecular formula is C14H13NO4. The van der Waals surface area contributed by atoms with Crippen LogP contribution in [0.3, 0.4) is 0 Å². The summed E-state index contributed by atoms with van der Waals surface area (Å²) in [5.74, 6) is -1.23. The lowest BCUT2D eigenvalue weighted by atomic mass is 10.1. The number of phenols is 1. The third-order valence-corrected chi connectivity index (χ3v) is 2.74. The lowest BCUT2D eigenvalue weighted by molar-refractivity contribution is -0.138. The fraction of sp³-hybridized carbons (Fsp3) is 0.143. The van der Waals surface area contributed by atoms with Gasteiger partial charge in [-0.3, -0.25) is 9.59 Å². The van der Waals surface area contributed by atoms with Crippen LogP contribution in [0.4, 0.5) is 5.69 Å². The zero-order valence-electron chi connectivity index (χ0n) is 10.1. The highest BCUT2D eigenvalue weighted by atomic mass is 16.4. The smallest absolute Gasteiger partial charge is 0.303 e. The number of nitrogens with one attached hydrogen (secondary N) is 1. The minimum Gasteiger partial charge on any atom is -0.507 e. The fourth-order valence-electron chi connectivity index (χ4n) is 1.84. The Kier molecular flexibility index (Phi) is 3.66. The molecule has 0 unspecified atom stereocenters. The molecule has 0 spiro atoms. The van der Waals surface area contributed by atoms with Crippen molar-refractivity contribution in [3.63, 3.8) is 0 Å². The lowest BCUT2D eigenvalue weighted by Gasteiger charge is -2.09. The summed E-state index contributed by atoms with van der Waals surface area (Å²) in [5.41, 5.74) is 0.559. The van der Waals surface area contributed by atoms with Crippen molar-refractivity contribution in [1.29, 1.82) is 0 Å². The number of anilines is 1. The van der Waals surface area contributed by atoms with Crippen molar-refractivity contribution < 1.29 is 19.8 Å². The van der Waals surface area contributed by atoms with Crippen LogP contribution in [0.2, 0.25) is 0 Å². The van der Waals surface area contributed by atoms with Crippen molar-refractivity contribution in [2.45, 2.75) is 12.8 Å². The molecule has 0 aliphatic carbocycles. The first kappa shape index (κ1) is 12.9. The highest BCUT2D eigenvalue weighted by Gasteiger charge is 2.09. The van der Waals surface area contributed by atoms with Crippen molar-refractivity contribution in [3.05, 3.63) is 36.4 Å². The van der Waals surface area contributed by atoms with Crippen LogP contribution in [0.5, 0.6) is 5.75 Å². The number of amides is 1. The average molecular weight is 259 g/mol. The molecule has 0 bridgehead atoms. The zero-order chi connectivity index (χ0) is 13.8. The van der Waals surface area contributed by atoms with E-state index in [9.17, 15) is 14.7 Å². The minimum absolute atomic E-state index is 0.0788. The maximum Gasteiger partial charge on any atom is 0.303 e. The first-order valence-corrected chi connectivity index (χ1v) is 5.80. The minimum atomic E-state index is -1.01. The molecule has 0 aliphatic rings. The van der Waals surface area contributed by atoms with Crippen molar-refractivity contribution in [2.24, 2.45) is 0 Å². The van der Waals surface area contributed by atoms with E-state index < -0.39 is 5.97 Å². The van der Waals surface area contributed by atoms with Gasteiger partial charge in [0.25, 0.3) is 0 Å². The Hall–Kier alpha value is -2.56. The van der Waals surface area contributed by atoms with Gasteiger partial charge in [0, 0.05) is 22.9 Å². The Labute approximate surface area is 109 Å². The first-order valence-electron chi connectivity index (χ1n) is 5.80. The van der Waals surface area contributed by atoms with Crippen LogP contribution in [-0.4, -0.2) is 22.1 Å². The number of aromatic hydroxyl groups is 1. The zero-order valence-corrected chi connectivity index (χ0v) is 10.1. The van der Waals surface area contributed by atoms with Crippen LogP contribution in [0, 0.1) is 0 Å². The maximum absolute atomic E-state index is 11.6. The van der Waals surface area contributed by atoms with Gasteiger partial charge in [-0.25, -0.2) is 0 Å². The topological polar surface area (TPSA) is 86.6 Å². The summed E-state index contributed by atoms with van der Waals surface area (Å²) in [6.45, 7) is 0.